The van der Waals surface area contributed by atoms with Crippen molar-refractivity contribution >= 4 is 11.9 Å². The summed E-state index contributed by atoms with van der Waals surface area (Å²) in [4.78, 5) is 23.8. The van der Waals surface area contributed by atoms with Crippen LogP contribution in [0.3, 0.4) is 0 Å². The summed E-state index contributed by atoms with van der Waals surface area (Å²) in [5, 5.41) is 3.46. The van der Waals surface area contributed by atoms with Gasteiger partial charge in [-0.3, -0.25) is 14.7 Å². The third kappa shape index (κ3) is 7.04. The van der Waals surface area contributed by atoms with Gasteiger partial charge >= 0.3 is 0 Å². The number of aliphatic imine (C=N–C) groups is 1. The van der Waals surface area contributed by atoms with Crippen molar-refractivity contribution in [3.05, 3.63) is 24.2 Å². The molecular weight excluding hydrogens is 370 g/mol. The van der Waals surface area contributed by atoms with Crippen LogP contribution in [0.5, 0.6) is 0 Å². The Kier molecular flexibility index (Phi) is 8.82. The predicted molar refractivity (Wildman–Crippen MR) is 113 cm³/mol. The van der Waals surface area contributed by atoms with Gasteiger partial charge in [-0.25, -0.2) is 0 Å². The molecule has 0 saturated carbocycles. The smallest absolute Gasteiger partial charge is 0.236 e. The molecule has 8 heteroatoms. The van der Waals surface area contributed by atoms with Gasteiger partial charge in [0.15, 0.2) is 5.96 Å². The summed E-state index contributed by atoms with van der Waals surface area (Å²) >= 11 is 0. The van der Waals surface area contributed by atoms with Crippen LogP contribution >= 0.6 is 0 Å². The number of piperidine rings is 1. The molecule has 0 spiro atoms. The van der Waals surface area contributed by atoms with Crippen LogP contribution in [0.1, 0.15) is 25.0 Å². The molecule has 0 unspecified atom stereocenters. The maximum absolute atomic E-state index is 12.5. The molecule has 1 aromatic heterocycles. The van der Waals surface area contributed by atoms with Crippen molar-refractivity contribution in [2.75, 3.05) is 72.6 Å². The van der Waals surface area contributed by atoms with E-state index in [1.807, 2.05) is 17.0 Å². The molecule has 1 aromatic rings. The zero-order valence-corrected chi connectivity index (χ0v) is 17.6. The van der Waals surface area contributed by atoms with E-state index in [2.05, 4.69) is 15.1 Å². The summed E-state index contributed by atoms with van der Waals surface area (Å²) in [6.07, 6.45) is 6.06. The van der Waals surface area contributed by atoms with E-state index in [1.165, 1.54) is 6.42 Å². The topological polar surface area (TPSA) is 73.5 Å². The first kappa shape index (κ1) is 21.6. The van der Waals surface area contributed by atoms with Crippen LogP contribution in [0.4, 0.5) is 0 Å². The largest absolute Gasteiger partial charge is 0.469 e. The number of ether oxygens (including phenoxy) is 1. The van der Waals surface area contributed by atoms with Crippen molar-refractivity contribution < 1.29 is 13.9 Å². The van der Waals surface area contributed by atoms with Gasteiger partial charge in [0.1, 0.15) is 5.76 Å². The van der Waals surface area contributed by atoms with Gasteiger partial charge in [-0.2, -0.15) is 0 Å². The number of rotatable bonds is 8. The maximum atomic E-state index is 12.5. The van der Waals surface area contributed by atoms with Gasteiger partial charge < -0.3 is 24.3 Å². The van der Waals surface area contributed by atoms with Gasteiger partial charge in [-0.15, -0.1) is 0 Å². The molecule has 1 N–H and O–H groups in total. The fourth-order valence-electron chi connectivity index (χ4n) is 3.82. The molecule has 29 heavy (non-hydrogen) atoms. The minimum absolute atomic E-state index is 0.281. The van der Waals surface area contributed by atoms with Crippen LogP contribution in [0.2, 0.25) is 0 Å². The Bertz CT molecular complexity index is 620. The number of nitrogens with zero attached hydrogens (tertiary/aromatic N) is 4. The van der Waals surface area contributed by atoms with E-state index in [9.17, 15) is 4.79 Å². The average Bonchev–Trinajstić information content (AvgIpc) is 3.27. The first-order valence-corrected chi connectivity index (χ1v) is 10.8. The normalized spacial score (nSPS) is 18.9. The maximum Gasteiger partial charge on any atom is 0.236 e. The van der Waals surface area contributed by atoms with E-state index < -0.39 is 0 Å². The van der Waals surface area contributed by atoms with Crippen molar-refractivity contribution in [1.29, 1.82) is 0 Å². The molecule has 8 nitrogen and oxygen atoms in total. The standard InChI is InChI=1S/C21H35N5O3/c1-28-17-9-23-21(22-8-7-19-6-5-16-29-19)26-14-12-24(13-15-26)18-20(27)25-10-3-2-4-11-25/h5-6,16H,2-4,7-15,17-18H2,1H3,(H,22,23). The van der Waals surface area contributed by atoms with Gasteiger partial charge in [0, 0.05) is 59.3 Å². The Labute approximate surface area is 173 Å². The van der Waals surface area contributed by atoms with Crippen LogP contribution in [-0.2, 0) is 16.0 Å². The van der Waals surface area contributed by atoms with Crippen LogP contribution in [-0.4, -0.2) is 99.2 Å². The second-order valence-electron chi connectivity index (χ2n) is 7.66. The summed E-state index contributed by atoms with van der Waals surface area (Å²) in [7, 11) is 1.69. The number of nitrogens with one attached hydrogen (secondary N) is 1. The molecule has 2 fully saturated rings. The van der Waals surface area contributed by atoms with E-state index in [4.69, 9.17) is 14.1 Å². The minimum atomic E-state index is 0.281. The molecule has 162 valence electrons. The van der Waals surface area contributed by atoms with Crippen molar-refractivity contribution in [2.45, 2.75) is 25.7 Å². The van der Waals surface area contributed by atoms with Gasteiger partial charge in [-0.1, -0.05) is 0 Å². The molecule has 1 amide bonds. The van der Waals surface area contributed by atoms with Crippen molar-refractivity contribution in [3.8, 4) is 0 Å². The molecule has 2 aliphatic rings. The van der Waals surface area contributed by atoms with E-state index in [-0.39, 0.29) is 5.91 Å². The monoisotopic (exact) mass is 405 g/mol. The Morgan fingerprint density at radius 1 is 1.14 bits per heavy atom. The number of hydrogen-bond acceptors (Lipinski definition) is 5. The molecule has 0 radical (unpaired) electrons. The number of hydrogen-bond donors (Lipinski definition) is 1. The summed E-state index contributed by atoms with van der Waals surface area (Å²) in [5.74, 6) is 2.16. The molecule has 0 bridgehead atoms. The van der Waals surface area contributed by atoms with Crippen molar-refractivity contribution in [3.63, 3.8) is 0 Å². The molecule has 2 aliphatic heterocycles. The number of furan rings is 1. The summed E-state index contributed by atoms with van der Waals surface area (Å²) < 4.78 is 10.5. The predicted octanol–water partition coefficient (Wildman–Crippen LogP) is 1.04. The Morgan fingerprint density at radius 3 is 2.62 bits per heavy atom. The molecular formula is C21H35N5O3. The number of carbonyl (C=O) groups is 1. The lowest BCUT2D eigenvalue weighted by atomic mass is 10.1. The molecule has 0 aliphatic carbocycles. The summed E-state index contributed by atoms with van der Waals surface area (Å²) in [6, 6.07) is 3.90. The highest BCUT2D eigenvalue weighted by molar-refractivity contribution is 5.80. The van der Waals surface area contributed by atoms with Gasteiger partial charge in [0.25, 0.3) is 0 Å². The summed E-state index contributed by atoms with van der Waals surface area (Å²) in [5.41, 5.74) is 0. The zero-order valence-electron chi connectivity index (χ0n) is 17.6. The van der Waals surface area contributed by atoms with Gasteiger partial charge in [0.05, 0.1) is 26.0 Å². The number of carbonyl (C=O) groups excluding carboxylic acids is 1. The number of methoxy groups -OCH3 is 1. The highest BCUT2D eigenvalue weighted by atomic mass is 16.5. The fraction of sp³-hybridized carbons (Fsp3) is 0.714. The first-order valence-electron chi connectivity index (χ1n) is 10.8. The SMILES string of the molecule is COCCN=C(NCCc1ccco1)N1CCN(CC(=O)N2CCCCC2)CC1. The lowest BCUT2D eigenvalue weighted by Crippen LogP contribution is -2.54. The molecule has 2 saturated heterocycles. The lowest BCUT2D eigenvalue weighted by Gasteiger charge is -2.37. The number of amides is 1. The van der Waals surface area contributed by atoms with Gasteiger partial charge in [0.2, 0.25) is 5.91 Å². The Balaban J connectivity index is 1.45. The first-order chi connectivity index (χ1) is 14.3. The average molecular weight is 406 g/mol. The van der Waals surface area contributed by atoms with E-state index in [0.29, 0.717) is 19.7 Å². The van der Waals surface area contributed by atoms with Crippen LogP contribution in [0.15, 0.2) is 27.8 Å². The second-order valence-corrected chi connectivity index (χ2v) is 7.66. The highest BCUT2D eigenvalue weighted by Gasteiger charge is 2.24. The third-order valence-corrected chi connectivity index (χ3v) is 5.53. The van der Waals surface area contributed by atoms with Crippen molar-refractivity contribution in [2.24, 2.45) is 4.99 Å². The van der Waals surface area contributed by atoms with E-state index in [0.717, 1.165) is 76.8 Å². The fourth-order valence-corrected chi connectivity index (χ4v) is 3.82. The third-order valence-electron chi connectivity index (χ3n) is 5.53. The van der Waals surface area contributed by atoms with E-state index >= 15 is 0 Å². The Hall–Kier alpha value is -2.06. The molecule has 3 rings (SSSR count). The quantitative estimate of drug-likeness (QED) is 0.396. The molecule has 3 heterocycles. The molecule has 0 atom stereocenters. The second kappa shape index (κ2) is 11.8. The highest BCUT2D eigenvalue weighted by Crippen LogP contribution is 2.10. The van der Waals surface area contributed by atoms with Gasteiger partial charge in [-0.05, 0) is 31.4 Å². The lowest BCUT2D eigenvalue weighted by molar-refractivity contribution is -0.133. The van der Waals surface area contributed by atoms with Crippen LogP contribution in [0, 0.1) is 0 Å². The van der Waals surface area contributed by atoms with Crippen LogP contribution in [0.25, 0.3) is 0 Å². The minimum Gasteiger partial charge on any atom is -0.469 e. The number of likely N-dealkylation sites (tertiary alicyclic amines) is 1. The number of guanidine groups is 1. The van der Waals surface area contributed by atoms with Crippen molar-refractivity contribution in [1.82, 2.24) is 20.0 Å². The van der Waals surface area contributed by atoms with E-state index in [1.54, 1.807) is 13.4 Å². The zero-order chi connectivity index (χ0) is 20.3. The van der Waals surface area contributed by atoms with Crippen LogP contribution < -0.4 is 5.32 Å². The number of piperazine rings is 1. The molecule has 0 aromatic carbocycles. The summed E-state index contributed by atoms with van der Waals surface area (Å²) in [6.45, 7) is 7.89. The Morgan fingerprint density at radius 2 is 1.93 bits per heavy atom.